The zero-order valence-electron chi connectivity index (χ0n) is 11.9. The van der Waals surface area contributed by atoms with Gasteiger partial charge in [0.2, 0.25) is 0 Å². The largest absolute Gasteiger partial charge is 0.399 e. The van der Waals surface area contributed by atoms with E-state index in [9.17, 15) is 4.39 Å². The number of hydrogen-bond donors (Lipinski definition) is 1. The van der Waals surface area contributed by atoms with Crippen LogP contribution in [0.25, 0.3) is 11.4 Å². The average molecular weight is 277 g/mol. The van der Waals surface area contributed by atoms with E-state index in [0.29, 0.717) is 29.5 Å². The van der Waals surface area contributed by atoms with Crippen molar-refractivity contribution in [3.05, 3.63) is 24.0 Å². The highest BCUT2D eigenvalue weighted by atomic mass is 19.1. The first-order valence-electron chi connectivity index (χ1n) is 6.89. The summed E-state index contributed by atoms with van der Waals surface area (Å²) < 4.78 is 15.5. The first-order valence-corrected chi connectivity index (χ1v) is 6.89. The Balaban J connectivity index is 2.08. The lowest BCUT2D eigenvalue weighted by atomic mass is 10.1. The van der Waals surface area contributed by atoms with Crippen LogP contribution in [0.15, 0.2) is 18.2 Å². The highest BCUT2D eigenvalue weighted by Crippen LogP contribution is 2.22. The van der Waals surface area contributed by atoms with Crippen LogP contribution in [0.2, 0.25) is 0 Å². The topological polar surface area (TPSA) is 69.6 Å². The number of halogens is 1. The van der Waals surface area contributed by atoms with Gasteiger partial charge in [0.15, 0.2) is 5.82 Å². The molecule has 0 bridgehead atoms. The Morgan fingerprint density at radius 3 is 2.80 bits per heavy atom. The third-order valence-corrected chi connectivity index (χ3v) is 3.17. The van der Waals surface area contributed by atoms with Gasteiger partial charge in [-0.05, 0) is 41.0 Å². The fraction of sp³-hybridized carbons (Fsp3) is 0.500. The highest BCUT2D eigenvalue weighted by Gasteiger charge is 2.13. The van der Waals surface area contributed by atoms with E-state index in [2.05, 4.69) is 29.4 Å². The molecule has 1 aromatic heterocycles. The van der Waals surface area contributed by atoms with E-state index < -0.39 is 5.82 Å². The number of anilines is 1. The minimum absolute atomic E-state index is 0.382. The summed E-state index contributed by atoms with van der Waals surface area (Å²) in [6, 6.07) is 4.55. The predicted molar refractivity (Wildman–Crippen MR) is 76.3 cm³/mol. The van der Waals surface area contributed by atoms with E-state index in [1.807, 2.05) is 0 Å². The molecule has 0 saturated carbocycles. The smallest absolute Gasteiger partial charge is 0.184 e. The molecule has 0 spiro atoms. The van der Waals surface area contributed by atoms with Crippen molar-refractivity contribution in [2.24, 2.45) is 5.92 Å². The standard InChI is InChI=1S/C14H20FN5/c1-10(2)5-3-4-8-20-14(17-18-19-20)12-7-6-11(16)9-13(12)15/h6-7,9-10H,3-5,8,16H2,1-2H3. The first kappa shape index (κ1) is 14.4. The Bertz CT molecular complexity index is 564. The van der Waals surface area contributed by atoms with Gasteiger partial charge in [-0.25, -0.2) is 9.07 Å². The van der Waals surface area contributed by atoms with Crippen LogP contribution < -0.4 is 5.73 Å². The minimum atomic E-state index is -0.400. The summed E-state index contributed by atoms with van der Waals surface area (Å²) >= 11 is 0. The van der Waals surface area contributed by atoms with Crippen LogP contribution in [0.3, 0.4) is 0 Å². The van der Waals surface area contributed by atoms with Gasteiger partial charge >= 0.3 is 0 Å². The monoisotopic (exact) mass is 277 g/mol. The van der Waals surface area contributed by atoms with E-state index in [4.69, 9.17) is 5.73 Å². The molecule has 0 unspecified atom stereocenters. The minimum Gasteiger partial charge on any atom is -0.399 e. The fourth-order valence-corrected chi connectivity index (χ4v) is 2.08. The van der Waals surface area contributed by atoms with Crippen LogP contribution in [0, 0.1) is 11.7 Å². The van der Waals surface area contributed by atoms with E-state index in [0.717, 1.165) is 12.8 Å². The molecule has 0 amide bonds. The SMILES string of the molecule is CC(C)CCCCn1nnnc1-c1ccc(N)cc1F. The van der Waals surface area contributed by atoms with Gasteiger partial charge in [-0.1, -0.05) is 26.7 Å². The van der Waals surface area contributed by atoms with Crippen molar-refractivity contribution >= 4 is 5.69 Å². The van der Waals surface area contributed by atoms with E-state index in [1.54, 1.807) is 16.8 Å². The Morgan fingerprint density at radius 2 is 2.10 bits per heavy atom. The van der Waals surface area contributed by atoms with Crippen molar-refractivity contribution in [2.45, 2.75) is 39.7 Å². The molecule has 0 radical (unpaired) electrons. The number of nitrogen functional groups attached to an aromatic ring is 1. The van der Waals surface area contributed by atoms with Crippen molar-refractivity contribution in [1.29, 1.82) is 0 Å². The molecule has 2 aromatic rings. The predicted octanol–water partition coefficient (Wildman–Crippen LogP) is 2.89. The van der Waals surface area contributed by atoms with Crippen LogP contribution >= 0.6 is 0 Å². The van der Waals surface area contributed by atoms with Crippen molar-refractivity contribution in [2.75, 3.05) is 5.73 Å². The molecule has 5 nitrogen and oxygen atoms in total. The third kappa shape index (κ3) is 3.53. The molecular formula is C14H20FN5. The normalized spacial score (nSPS) is 11.2. The van der Waals surface area contributed by atoms with Gasteiger partial charge in [0.25, 0.3) is 0 Å². The summed E-state index contributed by atoms with van der Waals surface area (Å²) in [6.45, 7) is 5.09. The van der Waals surface area contributed by atoms with Crippen LogP contribution in [0.1, 0.15) is 33.1 Å². The average Bonchev–Trinajstić information content (AvgIpc) is 2.82. The Hall–Kier alpha value is -1.98. The molecule has 1 aromatic carbocycles. The number of nitrogens with zero attached hydrogens (tertiary/aromatic N) is 4. The number of tetrazole rings is 1. The van der Waals surface area contributed by atoms with Gasteiger partial charge in [-0.3, -0.25) is 0 Å². The molecule has 0 aliphatic carbocycles. The van der Waals surface area contributed by atoms with Crippen LogP contribution in [0.5, 0.6) is 0 Å². The molecule has 2 N–H and O–H groups in total. The molecule has 0 saturated heterocycles. The van der Waals surface area contributed by atoms with Crippen molar-refractivity contribution in [3.63, 3.8) is 0 Å². The summed E-state index contributed by atoms with van der Waals surface area (Å²) in [5.41, 5.74) is 6.32. The molecular weight excluding hydrogens is 257 g/mol. The second-order valence-corrected chi connectivity index (χ2v) is 5.35. The van der Waals surface area contributed by atoms with Crippen molar-refractivity contribution in [1.82, 2.24) is 20.2 Å². The molecule has 108 valence electrons. The second-order valence-electron chi connectivity index (χ2n) is 5.35. The Labute approximate surface area is 118 Å². The van der Waals surface area contributed by atoms with Gasteiger partial charge in [0, 0.05) is 12.2 Å². The maximum Gasteiger partial charge on any atom is 0.184 e. The Kier molecular flexibility index (Phi) is 4.65. The van der Waals surface area contributed by atoms with Gasteiger partial charge in [-0.15, -0.1) is 5.10 Å². The van der Waals surface area contributed by atoms with Gasteiger partial charge < -0.3 is 5.73 Å². The van der Waals surface area contributed by atoms with Gasteiger partial charge in [0.05, 0.1) is 5.56 Å². The molecule has 0 atom stereocenters. The summed E-state index contributed by atoms with van der Waals surface area (Å²) in [4.78, 5) is 0. The van der Waals surface area contributed by atoms with Gasteiger partial charge in [0.1, 0.15) is 5.82 Å². The Morgan fingerprint density at radius 1 is 1.30 bits per heavy atom. The van der Waals surface area contributed by atoms with Crippen molar-refractivity contribution < 1.29 is 4.39 Å². The fourth-order valence-electron chi connectivity index (χ4n) is 2.08. The number of rotatable bonds is 6. The maximum atomic E-state index is 13.9. The third-order valence-electron chi connectivity index (χ3n) is 3.17. The van der Waals surface area contributed by atoms with Crippen LogP contribution in [0.4, 0.5) is 10.1 Å². The lowest BCUT2D eigenvalue weighted by Crippen LogP contribution is -2.04. The van der Waals surface area contributed by atoms with Gasteiger partial charge in [-0.2, -0.15) is 0 Å². The number of benzene rings is 1. The number of hydrogen-bond acceptors (Lipinski definition) is 4. The molecule has 0 fully saturated rings. The zero-order valence-corrected chi connectivity index (χ0v) is 11.9. The molecule has 1 heterocycles. The lowest BCUT2D eigenvalue weighted by molar-refractivity contribution is 0.487. The molecule has 20 heavy (non-hydrogen) atoms. The van der Waals surface area contributed by atoms with E-state index in [1.165, 1.54) is 12.5 Å². The van der Waals surface area contributed by atoms with E-state index >= 15 is 0 Å². The molecule has 6 heteroatoms. The molecule has 0 aliphatic heterocycles. The quantitative estimate of drug-likeness (QED) is 0.651. The zero-order chi connectivity index (χ0) is 14.5. The maximum absolute atomic E-state index is 13.9. The van der Waals surface area contributed by atoms with E-state index in [-0.39, 0.29) is 0 Å². The summed E-state index contributed by atoms with van der Waals surface area (Å²) in [5.74, 6) is 0.744. The number of aryl methyl sites for hydroxylation is 1. The van der Waals surface area contributed by atoms with Crippen LogP contribution in [-0.4, -0.2) is 20.2 Å². The lowest BCUT2D eigenvalue weighted by Gasteiger charge is -2.07. The van der Waals surface area contributed by atoms with Crippen molar-refractivity contribution in [3.8, 4) is 11.4 Å². The summed E-state index contributed by atoms with van der Waals surface area (Å²) in [5, 5.41) is 11.5. The number of unbranched alkanes of at least 4 members (excludes halogenated alkanes) is 1. The summed E-state index contributed by atoms with van der Waals surface area (Å²) in [7, 11) is 0. The number of aromatic nitrogens is 4. The summed E-state index contributed by atoms with van der Waals surface area (Å²) in [6.07, 6.45) is 3.27. The molecule has 2 rings (SSSR count). The highest BCUT2D eigenvalue weighted by molar-refractivity contribution is 5.59. The molecule has 0 aliphatic rings. The first-order chi connectivity index (χ1) is 9.58. The van der Waals surface area contributed by atoms with Crippen LogP contribution in [-0.2, 0) is 6.54 Å². The second kappa shape index (κ2) is 6.45. The number of nitrogens with two attached hydrogens (primary N) is 1.